The monoisotopic (exact) mass is 337 g/mol. The number of pyridine rings is 1. The molecule has 128 valence electrons. The second kappa shape index (κ2) is 6.52. The molecule has 7 heteroatoms. The lowest BCUT2D eigenvalue weighted by molar-refractivity contribution is 0.0564. The van der Waals surface area contributed by atoms with Crippen LogP contribution in [0, 0.1) is 6.92 Å². The Morgan fingerprint density at radius 3 is 2.80 bits per heavy atom. The lowest BCUT2D eigenvalue weighted by Crippen LogP contribution is -2.43. The average molecular weight is 337 g/mol. The number of urea groups is 1. The number of aromatic nitrogens is 3. The summed E-state index contributed by atoms with van der Waals surface area (Å²) in [5.41, 5.74) is 4.14. The molecule has 7 nitrogen and oxygen atoms in total. The van der Waals surface area contributed by atoms with Gasteiger partial charge in [-0.05, 0) is 30.7 Å². The van der Waals surface area contributed by atoms with Gasteiger partial charge in [0.2, 0.25) is 0 Å². The number of aryl methyl sites for hydroxylation is 1. The van der Waals surface area contributed by atoms with Gasteiger partial charge in [0.15, 0.2) is 0 Å². The Morgan fingerprint density at radius 1 is 1.16 bits per heavy atom. The first kappa shape index (κ1) is 15.6. The Hall–Kier alpha value is -2.93. The van der Waals surface area contributed by atoms with Crippen molar-refractivity contribution in [1.82, 2.24) is 19.3 Å². The Morgan fingerprint density at radius 2 is 2.00 bits per heavy atom. The van der Waals surface area contributed by atoms with Crippen LogP contribution < -0.4 is 5.32 Å². The van der Waals surface area contributed by atoms with E-state index in [1.807, 2.05) is 35.7 Å². The second-order valence-corrected chi connectivity index (χ2v) is 6.05. The minimum absolute atomic E-state index is 0.142. The molecule has 0 unspecified atom stereocenters. The smallest absolute Gasteiger partial charge is 0.323 e. The first-order chi connectivity index (χ1) is 12.2. The number of fused-ring (bicyclic) bond motifs is 1. The molecule has 1 aliphatic rings. The molecule has 4 heterocycles. The fourth-order valence-corrected chi connectivity index (χ4v) is 2.92. The van der Waals surface area contributed by atoms with E-state index >= 15 is 0 Å². The van der Waals surface area contributed by atoms with E-state index in [4.69, 9.17) is 4.74 Å². The van der Waals surface area contributed by atoms with Gasteiger partial charge in [-0.1, -0.05) is 0 Å². The van der Waals surface area contributed by atoms with Gasteiger partial charge in [0.25, 0.3) is 0 Å². The van der Waals surface area contributed by atoms with Gasteiger partial charge in [-0.3, -0.25) is 10.3 Å². The van der Waals surface area contributed by atoms with Crippen molar-refractivity contribution in [3.8, 4) is 11.1 Å². The van der Waals surface area contributed by atoms with Gasteiger partial charge in [-0.15, -0.1) is 0 Å². The van der Waals surface area contributed by atoms with Crippen molar-refractivity contribution in [2.45, 2.75) is 6.92 Å². The minimum Gasteiger partial charge on any atom is -0.378 e. The third-order valence-electron chi connectivity index (χ3n) is 4.25. The highest BCUT2D eigenvalue weighted by Crippen LogP contribution is 2.23. The number of ether oxygens (including phenoxy) is 1. The lowest BCUT2D eigenvalue weighted by Gasteiger charge is -2.26. The summed E-state index contributed by atoms with van der Waals surface area (Å²) >= 11 is 0. The van der Waals surface area contributed by atoms with Gasteiger partial charge in [-0.2, -0.15) is 0 Å². The number of morpholine rings is 1. The highest BCUT2D eigenvalue weighted by atomic mass is 16.5. The average Bonchev–Trinajstić information content (AvgIpc) is 3.06. The van der Waals surface area contributed by atoms with Crippen molar-refractivity contribution >= 4 is 17.4 Å². The maximum absolute atomic E-state index is 12.3. The molecule has 1 N–H and O–H groups in total. The largest absolute Gasteiger partial charge is 0.378 e. The van der Waals surface area contributed by atoms with E-state index < -0.39 is 0 Å². The summed E-state index contributed by atoms with van der Waals surface area (Å²) in [6.07, 6.45) is 5.53. The van der Waals surface area contributed by atoms with Gasteiger partial charge in [0, 0.05) is 42.8 Å². The maximum Gasteiger partial charge on any atom is 0.323 e. The van der Waals surface area contributed by atoms with Crippen LogP contribution >= 0.6 is 0 Å². The molecule has 4 rings (SSSR count). The van der Waals surface area contributed by atoms with Crippen LogP contribution in [-0.4, -0.2) is 51.6 Å². The summed E-state index contributed by atoms with van der Waals surface area (Å²) in [5.74, 6) is 0.541. The molecule has 0 radical (unpaired) electrons. The van der Waals surface area contributed by atoms with Crippen LogP contribution in [0.4, 0.5) is 10.6 Å². The second-order valence-electron chi connectivity index (χ2n) is 6.05. The van der Waals surface area contributed by atoms with Crippen LogP contribution in [0.2, 0.25) is 0 Å². The molecule has 3 aromatic rings. The highest BCUT2D eigenvalue weighted by molar-refractivity contribution is 5.89. The Labute approximate surface area is 145 Å². The highest BCUT2D eigenvalue weighted by Gasteiger charge is 2.17. The molecule has 1 saturated heterocycles. The number of nitrogens with one attached hydrogen (secondary N) is 1. The predicted octanol–water partition coefficient (Wildman–Crippen LogP) is 2.57. The normalized spacial score (nSPS) is 14.7. The van der Waals surface area contributed by atoms with Crippen LogP contribution in [0.5, 0.6) is 0 Å². The molecular weight excluding hydrogens is 318 g/mol. The summed E-state index contributed by atoms with van der Waals surface area (Å²) in [6, 6.07) is 7.83. The number of amides is 2. The zero-order chi connectivity index (χ0) is 17.2. The molecule has 1 aliphatic heterocycles. The fourth-order valence-electron chi connectivity index (χ4n) is 2.92. The molecule has 1 fully saturated rings. The van der Waals surface area contributed by atoms with Crippen molar-refractivity contribution in [3.05, 3.63) is 48.7 Å². The number of carbonyl (C=O) groups is 1. The van der Waals surface area contributed by atoms with Crippen LogP contribution in [0.3, 0.4) is 0 Å². The number of hydrogen-bond acceptors (Lipinski definition) is 4. The quantitative estimate of drug-likeness (QED) is 0.780. The molecule has 0 aliphatic carbocycles. The molecule has 0 spiro atoms. The minimum atomic E-state index is -0.142. The Bertz CT molecular complexity index is 915. The molecule has 3 aromatic heterocycles. The molecular formula is C18H19N5O2. The van der Waals surface area contributed by atoms with Crippen molar-refractivity contribution in [1.29, 1.82) is 0 Å². The van der Waals surface area contributed by atoms with Gasteiger partial charge in [-0.25, -0.2) is 9.78 Å². The Kier molecular flexibility index (Phi) is 4.07. The van der Waals surface area contributed by atoms with Crippen LogP contribution in [0.25, 0.3) is 16.6 Å². The summed E-state index contributed by atoms with van der Waals surface area (Å²) in [7, 11) is 0. The van der Waals surface area contributed by atoms with E-state index in [9.17, 15) is 4.79 Å². The van der Waals surface area contributed by atoms with Gasteiger partial charge >= 0.3 is 6.03 Å². The van der Waals surface area contributed by atoms with Crippen molar-refractivity contribution in [2.24, 2.45) is 0 Å². The summed E-state index contributed by atoms with van der Waals surface area (Å²) in [4.78, 5) is 22.6. The van der Waals surface area contributed by atoms with E-state index in [0.29, 0.717) is 32.1 Å². The SMILES string of the molecule is Cc1cc(-c2cc3cc(NC(=O)N4CCOCC4)ncn3c2)ccn1. The fraction of sp³-hybridized carbons (Fsp3) is 0.278. The molecule has 25 heavy (non-hydrogen) atoms. The van der Waals surface area contributed by atoms with Crippen molar-refractivity contribution < 1.29 is 9.53 Å². The van der Waals surface area contributed by atoms with Crippen LogP contribution in [0.15, 0.2) is 43.0 Å². The number of rotatable bonds is 2. The summed E-state index contributed by atoms with van der Waals surface area (Å²) in [5, 5.41) is 2.86. The Balaban J connectivity index is 1.56. The zero-order valence-electron chi connectivity index (χ0n) is 14.0. The van der Waals surface area contributed by atoms with Gasteiger partial charge < -0.3 is 14.0 Å². The first-order valence-electron chi connectivity index (χ1n) is 8.23. The summed E-state index contributed by atoms with van der Waals surface area (Å²) < 4.78 is 7.21. The van der Waals surface area contributed by atoms with Crippen molar-refractivity contribution in [3.63, 3.8) is 0 Å². The van der Waals surface area contributed by atoms with Crippen LogP contribution in [0.1, 0.15) is 5.69 Å². The third-order valence-corrected chi connectivity index (χ3v) is 4.25. The van der Waals surface area contributed by atoms with E-state index in [1.165, 1.54) is 0 Å². The molecule has 2 amide bonds. The summed E-state index contributed by atoms with van der Waals surface area (Å²) in [6.45, 7) is 4.33. The number of anilines is 1. The number of carbonyl (C=O) groups excluding carboxylic acids is 1. The van der Waals surface area contributed by atoms with Crippen LogP contribution in [-0.2, 0) is 4.74 Å². The van der Waals surface area contributed by atoms with E-state index in [1.54, 1.807) is 17.4 Å². The molecule has 0 aromatic carbocycles. The maximum atomic E-state index is 12.3. The number of hydrogen-bond donors (Lipinski definition) is 1. The van der Waals surface area contributed by atoms with E-state index in [0.717, 1.165) is 22.3 Å². The topological polar surface area (TPSA) is 71.8 Å². The van der Waals surface area contributed by atoms with E-state index in [2.05, 4.69) is 21.4 Å². The molecule has 0 atom stereocenters. The lowest BCUT2D eigenvalue weighted by atomic mass is 10.1. The van der Waals surface area contributed by atoms with Gasteiger partial charge in [0.05, 0.1) is 18.7 Å². The van der Waals surface area contributed by atoms with Crippen molar-refractivity contribution in [2.75, 3.05) is 31.6 Å². The van der Waals surface area contributed by atoms with E-state index in [-0.39, 0.29) is 6.03 Å². The van der Waals surface area contributed by atoms with Gasteiger partial charge in [0.1, 0.15) is 12.1 Å². The molecule has 0 bridgehead atoms. The predicted molar refractivity (Wildman–Crippen MR) is 94.6 cm³/mol. The molecule has 0 saturated carbocycles. The number of nitrogens with zero attached hydrogens (tertiary/aromatic N) is 4. The standard InChI is InChI=1S/C18H19N5O2/c1-13-8-14(2-3-19-13)15-9-16-10-17(20-12-23(16)11-15)21-18(24)22-4-6-25-7-5-22/h2-3,8-12H,4-7H2,1H3,(H,21,24). The first-order valence-corrected chi connectivity index (χ1v) is 8.23. The third kappa shape index (κ3) is 3.32. The zero-order valence-corrected chi connectivity index (χ0v) is 14.0.